The summed E-state index contributed by atoms with van der Waals surface area (Å²) in [5.41, 5.74) is 2.72. The Kier molecular flexibility index (Phi) is 7.33. The van der Waals surface area contributed by atoms with Crippen molar-refractivity contribution in [2.24, 2.45) is 4.99 Å². The summed E-state index contributed by atoms with van der Waals surface area (Å²) < 4.78 is 36.8. The van der Waals surface area contributed by atoms with E-state index >= 15 is 0 Å². The van der Waals surface area contributed by atoms with Crippen molar-refractivity contribution in [3.63, 3.8) is 0 Å². The maximum atomic E-state index is 12.6. The molecule has 2 heterocycles. The number of ether oxygens (including phenoxy) is 1. The molecule has 3 rings (SSSR count). The van der Waals surface area contributed by atoms with Crippen LogP contribution in [0.2, 0.25) is 0 Å². The van der Waals surface area contributed by atoms with Crippen molar-refractivity contribution in [2.45, 2.75) is 19.1 Å². The Bertz CT molecular complexity index is 952. The standard InChI is InChI=1S/C20H29N5O4S/c1-16-4-5-17(14-19(16)28-3)6-8-22-20(21-2)24-9-11-25(12-10-24)30(26,27)15-18-7-13-29-23-18/h4-5,7,13-14H,6,8-12,15H2,1-3H3,(H,21,22). The highest BCUT2D eigenvalue weighted by atomic mass is 32.2. The smallest absolute Gasteiger partial charge is 0.220 e. The van der Waals surface area contributed by atoms with E-state index in [-0.39, 0.29) is 5.75 Å². The fourth-order valence-corrected chi connectivity index (χ4v) is 4.86. The van der Waals surface area contributed by atoms with Gasteiger partial charge in [0, 0.05) is 45.8 Å². The molecule has 30 heavy (non-hydrogen) atoms. The van der Waals surface area contributed by atoms with Crippen LogP contribution in [0.4, 0.5) is 0 Å². The topological polar surface area (TPSA) is 100 Å². The van der Waals surface area contributed by atoms with Gasteiger partial charge in [-0.25, -0.2) is 8.42 Å². The highest BCUT2D eigenvalue weighted by Gasteiger charge is 2.28. The molecule has 1 aliphatic rings. The van der Waals surface area contributed by atoms with E-state index in [1.54, 1.807) is 20.2 Å². The number of hydrogen-bond donors (Lipinski definition) is 1. The second-order valence-electron chi connectivity index (χ2n) is 7.16. The number of hydrogen-bond acceptors (Lipinski definition) is 6. The monoisotopic (exact) mass is 435 g/mol. The van der Waals surface area contributed by atoms with E-state index < -0.39 is 10.0 Å². The van der Waals surface area contributed by atoms with Gasteiger partial charge >= 0.3 is 0 Å². The number of aliphatic imine (C=N–C) groups is 1. The maximum absolute atomic E-state index is 12.6. The second kappa shape index (κ2) is 9.94. The third-order valence-corrected chi connectivity index (χ3v) is 6.95. The van der Waals surface area contributed by atoms with Gasteiger partial charge in [0.1, 0.15) is 17.8 Å². The van der Waals surface area contributed by atoms with Crippen molar-refractivity contribution in [3.05, 3.63) is 47.3 Å². The third-order valence-electron chi connectivity index (χ3n) is 5.13. The van der Waals surface area contributed by atoms with Crippen LogP contribution in [-0.2, 0) is 22.2 Å². The number of benzene rings is 1. The fraction of sp³-hybridized carbons (Fsp3) is 0.500. The van der Waals surface area contributed by atoms with Crippen molar-refractivity contribution >= 4 is 16.0 Å². The normalized spacial score (nSPS) is 16.0. The van der Waals surface area contributed by atoms with Gasteiger partial charge in [0.05, 0.1) is 12.8 Å². The molecule has 9 nitrogen and oxygen atoms in total. The summed E-state index contributed by atoms with van der Waals surface area (Å²) in [5.74, 6) is 1.53. The molecule has 1 saturated heterocycles. The summed E-state index contributed by atoms with van der Waals surface area (Å²) in [6.45, 7) is 4.73. The molecule has 0 bridgehead atoms. The Morgan fingerprint density at radius 1 is 1.27 bits per heavy atom. The van der Waals surface area contributed by atoms with E-state index in [1.807, 2.05) is 6.92 Å². The first-order valence-corrected chi connectivity index (χ1v) is 11.5. The molecule has 0 aliphatic carbocycles. The molecule has 164 valence electrons. The van der Waals surface area contributed by atoms with Crippen molar-refractivity contribution in [3.8, 4) is 5.75 Å². The van der Waals surface area contributed by atoms with Gasteiger partial charge in [-0.1, -0.05) is 17.3 Å². The molecule has 0 atom stereocenters. The zero-order chi connectivity index (χ0) is 21.6. The van der Waals surface area contributed by atoms with Crippen molar-refractivity contribution in [2.75, 3.05) is 46.9 Å². The molecule has 1 fully saturated rings. The van der Waals surface area contributed by atoms with Gasteiger partial charge in [-0.2, -0.15) is 4.31 Å². The number of nitrogens with zero attached hydrogens (tertiary/aromatic N) is 4. The van der Waals surface area contributed by atoms with Crippen LogP contribution in [0.5, 0.6) is 5.75 Å². The van der Waals surface area contributed by atoms with Crippen LogP contribution in [0.3, 0.4) is 0 Å². The van der Waals surface area contributed by atoms with E-state index in [0.717, 1.165) is 30.2 Å². The molecule has 0 amide bonds. The molecule has 0 spiro atoms. The Hall–Kier alpha value is -2.59. The molecule has 0 radical (unpaired) electrons. The molecule has 2 aromatic rings. The minimum Gasteiger partial charge on any atom is -0.496 e. The Morgan fingerprint density at radius 2 is 2.03 bits per heavy atom. The van der Waals surface area contributed by atoms with Gasteiger partial charge < -0.3 is 19.5 Å². The zero-order valence-corrected chi connectivity index (χ0v) is 18.5. The van der Waals surface area contributed by atoms with E-state index in [0.29, 0.717) is 31.9 Å². The van der Waals surface area contributed by atoms with Crippen molar-refractivity contribution in [1.82, 2.24) is 19.7 Å². The van der Waals surface area contributed by atoms with Gasteiger partial charge in [-0.05, 0) is 30.5 Å². The lowest BCUT2D eigenvalue weighted by Crippen LogP contribution is -2.54. The van der Waals surface area contributed by atoms with Crippen LogP contribution in [0, 0.1) is 6.92 Å². The molecule has 1 aliphatic heterocycles. The molecule has 1 N–H and O–H groups in total. The molecule has 0 saturated carbocycles. The average molecular weight is 436 g/mol. The highest BCUT2D eigenvalue weighted by Crippen LogP contribution is 2.19. The predicted molar refractivity (Wildman–Crippen MR) is 115 cm³/mol. The zero-order valence-electron chi connectivity index (χ0n) is 17.7. The lowest BCUT2D eigenvalue weighted by molar-refractivity contribution is 0.260. The SMILES string of the molecule is CN=C(NCCc1ccc(C)c(OC)c1)N1CCN(S(=O)(=O)Cc2ccon2)CC1. The molecule has 0 unspecified atom stereocenters. The molecule has 1 aromatic heterocycles. The molecule has 1 aromatic carbocycles. The summed E-state index contributed by atoms with van der Waals surface area (Å²) in [4.78, 5) is 6.44. The summed E-state index contributed by atoms with van der Waals surface area (Å²) in [6, 6.07) is 7.78. The van der Waals surface area contributed by atoms with Gasteiger partial charge in [-0.3, -0.25) is 4.99 Å². The van der Waals surface area contributed by atoms with Crippen LogP contribution < -0.4 is 10.1 Å². The van der Waals surface area contributed by atoms with Crippen LogP contribution in [-0.4, -0.2) is 75.6 Å². The summed E-state index contributed by atoms with van der Waals surface area (Å²) in [7, 11) is 0.00604. The number of aryl methyl sites for hydroxylation is 1. The number of methoxy groups -OCH3 is 1. The highest BCUT2D eigenvalue weighted by molar-refractivity contribution is 7.88. The van der Waals surface area contributed by atoms with Gasteiger partial charge in [0.2, 0.25) is 10.0 Å². The minimum absolute atomic E-state index is 0.142. The van der Waals surface area contributed by atoms with Gasteiger partial charge in [-0.15, -0.1) is 0 Å². The number of sulfonamides is 1. The number of piperazine rings is 1. The summed E-state index contributed by atoms with van der Waals surface area (Å²) in [6.07, 6.45) is 2.22. The number of rotatable bonds is 7. The third kappa shape index (κ3) is 5.51. The van der Waals surface area contributed by atoms with E-state index in [2.05, 4.69) is 38.6 Å². The Balaban J connectivity index is 1.49. The van der Waals surface area contributed by atoms with Crippen LogP contribution >= 0.6 is 0 Å². The lowest BCUT2D eigenvalue weighted by atomic mass is 10.1. The van der Waals surface area contributed by atoms with E-state index in [9.17, 15) is 8.42 Å². The van der Waals surface area contributed by atoms with Crippen LogP contribution in [0.15, 0.2) is 40.0 Å². The van der Waals surface area contributed by atoms with Gasteiger partial charge in [0.15, 0.2) is 5.96 Å². The first-order valence-electron chi connectivity index (χ1n) is 9.89. The Morgan fingerprint density at radius 3 is 2.67 bits per heavy atom. The van der Waals surface area contributed by atoms with E-state index in [1.165, 1.54) is 16.1 Å². The fourth-order valence-electron chi connectivity index (χ4n) is 3.44. The largest absolute Gasteiger partial charge is 0.496 e. The molecular weight excluding hydrogens is 406 g/mol. The Labute approximate surface area is 177 Å². The minimum atomic E-state index is -3.41. The summed E-state index contributed by atoms with van der Waals surface area (Å²) in [5, 5.41) is 7.07. The number of nitrogens with one attached hydrogen (secondary N) is 1. The van der Waals surface area contributed by atoms with Crippen molar-refractivity contribution in [1.29, 1.82) is 0 Å². The quantitative estimate of drug-likeness (QED) is 0.516. The predicted octanol–water partition coefficient (Wildman–Crippen LogP) is 1.26. The summed E-state index contributed by atoms with van der Waals surface area (Å²) >= 11 is 0. The lowest BCUT2D eigenvalue weighted by Gasteiger charge is -2.35. The average Bonchev–Trinajstić information content (AvgIpc) is 3.25. The number of aromatic nitrogens is 1. The molecule has 10 heteroatoms. The second-order valence-corrected chi connectivity index (χ2v) is 9.13. The first-order chi connectivity index (χ1) is 14.4. The van der Waals surface area contributed by atoms with Gasteiger partial charge in [0.25, 0.3) is 0 Å². The first kappa shape index (κ1) is 22.1. The van der Waals surface area contributed by atoms with Crippen molar-refractivity contribution < 1.29 is 17.7 Å². The van der Waals surface area contributed by atoms with Crippen LogP contribution in [0.25, 0.3) is 0 Å². The number of guanidine groups is 1. The molecular formula is C20H29N5O4S. The van der Waals surface area contributed by atoms with Crippen LogP contribution in [0.1, 0.15) is 16.8 Å². The van der Waals surface area contributed by atoms with E-state index in [4.69, 9.17) is 9.26 Å². The maximum Gasteiger partial charge on any atom is 0.220 e.